The van der Waals surface area contributed by atoms with Crippen molar-refractivity contribution in [1.82, 2.24) is 9.55 Å². The summed E-state index contributed by atoms with van der Waals surface area (Å²) in [5, 5.41) is 0. The van der Waals surface area contributed by atoms with Crippen molar-refractivity contribution in [3.05, 3.63) is 78.1 Å². The first kappa shape index (κ1) is 12.6. The van der Waals surface area contributed by atoms with Crippen molar-refractivity contribution >= 4 is 0 Å². The van der Waals surface area contributed by atoms with Gasteiger partial charge in [-0.3, -0.25) is 0 Å². The Hall–Kier alpha value is -2.39. The molecule has 2 N–H and O–H groups in total. The van der Waals surface area contributed by atoms with E-state index < -0.39 is 0 Å². The first-order valence-electron chi connectivity index (χ1n) is 6.71. The summed E-state index contributed by atoms with van der Waals surface area (Å²) in [4.78, 5) is 4.46. The molecule has 0 amide bonds. The van der Waals surface area contributed by atoms with Crippen molar-refractivity contribution < 1.29 is 0 Å². The zero-order chi connectivity index (χ0) is 13.8. The number of aromatic nitrogens is 2. The fourth-order valence-electron chi connectivity index (χ4n) is 2.34. The first-order chi connectivity index (χ1) is 9.86. The zero-order valence-electron chi connectivity index (χ0n) is 11.2. The molecule has 0 spiro atoms. The highest BCUT2D eigenvalue weighted by Gasteiger charge is 2.06. The molecule has 0 aliphatic rings. The summed E-state index contributed by atoms with van der Waals surface area (Å²) in [6.45, 7) is 1.38. The summed E-state index contributed by atoms with van der Waals surface area (Å²) in [5.41, 5.74) is 9.22. The van der Waals surface area contributed by atoms with Crippen LogP contribution in [0.15, 0.2) is 67.0 Å². The van der Waals surface area contributed by atoms with E-state index in [9.17, 15) is 0 Å². The van der Waals surface area contributed by atoms with E-state index in [-0.39, 0.29) is 0 Å². The molecule has 2 aromatic carbocycles. The topological polar surface area (TPSA) is 43.8 Å². The largest absolute Gasteiger partial charge is 0.327 e. The van der Waals surface area contributed by atoms with Crippen LogP contribution in [-0.4, -0.2) is 9.55 Å². The van der Waals surface area contributed by atoms with Crippen molar-refractivity contribution in [3.63, 3.8) is 0 Å². The van der Waals surface area contributed by atoms with Gasteiger partial charge in [0.15, 0.2) is 0 Å². The number of nitrogens with zero attached hydrogens (tertiary/aromatic N) is 2. The van der Waals surface area contributed by atoms with Crippen LogP contribution >= 0.6 is 0 Å². The Morgan fingerprint density at radius 1 is 0.950 bits per heavy atom. The normalized spacial score (nSPS) is 10.7. The average molecular weight is 263 g/mol. The number of imidazole rings is 1. The van der Waals surface area contributed by atoms with Crippen LogP contribution in [0.5, 0.6) is 0 Å². The molecule has 1 heterocycles. The quantitative estimate of drug-likeness (QED) is 0.786. The predicted molar refractivity (Wildman–Crippen MR) is 81.1 cm³/mol. The molecule has 0 atom stereocenters. The fourth-order valence-corrected chi connectivity index (χ4v) is 2.34. The molecule has 0 saturated heterocycles. The van der Waals surface area contributed by atoms with Crippen LogP contribution < -0.4 is 5.73 Å². The highest BCUT2D eigenvalue weighted by Crippen LogP contribution is 2.18. The average Bonchev–Trinajstić information content (AvgIpc) is 2.96. The zero-order valence-corrected chi connectivity index (χ0v) is 11.2. The van der Waals surface area contributed by atoms with Crippen LogP contribution in [0.25, 0.3) is 11.4 Å². The van der Waals surface area contributed by atoms with Gasteiger partial charge in [-0.15, -0.1) is 0 Å². The second-order valence-electron chi connectivity index (χ2n) is 4.77. The SMILES string of the molecule is NCc1cccc(Cn2ccnc2-c2ccccc2)c1. The van der Waals surface area contributed by atoms with E-state index in [0.717, 1.165) is 23.5 Å². The van der Waals surface area contributed by atoms with E-state index >= 15 is 0 Å². The molecule has 0 aliphatic carbocycles. The Labute approximate surface area is 118 Å². The Balaban J connectivity index is 1.90. The number of benzene rings is 2. The minimum atomic E-state index is 0.573. The summed E-state index contributed by atoms with van der Waals surface area (Å²) < 4.78 is 2.16. The molecular weight excluding hydrogens is 246 g/mol. The Morgan fingerprint density at radius 3 is 2.55 bits per heavy atom. The summed E-state index contributed by atoms with van der Waals surface area (Å²) in [5.74, 6) is 0.990. The van der Waals surface area contributed by atoms with E-state index in [0.29, 0.717) is 6.54 Å². The molecule has 0 radical (unpaired) electrons. The Kier molecular flexibility index (Phi) is 3.61. The molecule has 0 aliphatic heterocycles. The second-order valence-corrected chi connectivity index (χ2v) is 4.77. The highest BCUT2D eigenvalue weighted by atomic mass is 15.1. The summed E-state index contributed by atoms with van der Waals surface area (Å²) in [6.07, 6.45) is 3.85. The molecule has 100 valence electrons. The Bertz CT molecular complexity index is 686. The molecule has 20 heavy (non-hydrogen) atoms. The second kappa shape index (κ2) is 5.72. The van der Waals surface area contributed by atoms with Crippen LogP contribution in [-0.2, 0) is 13.1 Å². The third-order valence-electron chi connectivity index (χ3n) is 3.33. The molecule has 0 fully saturated rings. The van der Waals surface area contributed by atoms with Crippen molar-refractivity contribution in [1.29, 1.82) is 0 Å². The third kappa shape index (κ3) is 2.63. The van der Waals surface area contributed by atoms with Crippen molar-refractivity contribution in [3.8, 4) is 11.4 Å². The van der Waals surface area contributed by atoms with Crippen LogP contribution in [0.4, 0.5) is 0 Å². The van der Waals surface area contributed by atoms with Crippen molar-refractivity contribution in [2.75, 3.05) is 0 Å². The monoisotopic (exact) mass is 263 g/mol. The summed E-state index contributed by atoms with van der Waals surface area (Å²) >= 11 is 0. The highest BCUT2D eigenvalue weighted by molar-refractivity contribution is 5.55. The van der Waals surface area contributed by atoms with Gasteiger partial charge < -0.3 is 10.3 Å². The van der Waals surface area contributed by atoms with Crippen LogP contribution in [0.1, 0.15) is 11.1 Å². The summed E-state index contributed by atoms with van der Waals surface area (Å²) in [7, 11) is 0. The van der Waals surface area contributed by atoms with Crippen molar-refractivity contribution in [2.24, 2.45) is 5.73 Å². The number of nitrogens with two attached hydrogens (primary N) is 1. The van der Waals surface area contributed by atoms with E-state index in [2.05, 4.69) is 45.9 Å². The Morgan fingerprint density at radius 2 is 1.75 bits per heavy atom. The number of rotatable bonds is 4. The maximum Gasteiger partial charge on any atom is 0.140 e. The van der Waals surface area contributed by atoms with Crippen LogP contribution in [0, 0.1) is 0 Å². The number of hydrogen-bond acceptors (Lipinski definition) is 2. The minimum absolute atomic E-state index is 0.573. The predicted octanol–water partition coefficient (Wildman–Crippen LogP) is 3.06. The van der Waals surface area contributed by atoms with Gasteiger partial charge in [0.2, 0.25) is 0 Å². The lowest BCUT2D eigenvalue weighted by Crippen LogP contribution is -2.03. The standard InChI is InChI=1S/C17H17N3/c18-12-14-5-4-6-15(11-14)13-20-10-9-19-17(20)16-7-2-1-3-8-16/h1-11H,12-13,18H2. The smallest absolute Gasteiger partial charge is 0.140 e. The van der Waals surface area contributed by atoms with Gasteiger partial charge in [0, 0.05) is 31.0 Å². The molecule has 0 unspecified atom stereocenters. The van der Waals surface area contributed by atoms with Crippen LogP contribution in [0.3, 0.4) is 0 Å². The van der Waals surface area contributed by atoms with Gasteiger partial charge >= 0.3 is 0 Å². The molecule has 0 saturated carbocycles. The fraction of sp³-hybridized carbons (Fsp3) is 0.118. The number of hydrogen-bond donors (Lipinski definition) is 1. The third-order valence-corrected chi connectivity index (χ3v) is 3.33. The van der Waals surface area contributed by atoms with E-state index in [1.54, 1.807) is 0 Å². The molecule has 3 heteroatoms. The van der Waals surface area contributed by atoms with Crippen molar-refractivity contribution in [2.45, 2.75) is 13.1 Å². The maximum absolute atomic E-state index is 5.69. The minimum Gasteiger partial charge on any atom is -0.327 e. The van der Waals surface area contributed by atoms with Gasteiger partial charge in [-0.05, 0) is 11.1 Å². The van der Waals surface area contributed by atoms with Gasteiger partial charge in [0.25, 0.3) is 0 Å². The van der Waals surface area contributed by atoms with Gasteiger partial charge in [0.1, 0.15) is 5.82 Å². The van der Waals surface area contributed by atoms with E-state index in [1.807, 2.05) is 30.6 Å². The molecule has 3 aromatic rings. The van der Waals surface area contributed by atoms with Gasteiger partial charge in [0.05, 0.1) is 0 Å². The molecule has 0 bridgehead atoms. The molecule has 3 rings (SSSR count). The molecule has 3 nitrogen and oxygen atoms in total. The van der Waals surface area contributed by atoms with E-state index in [1.165, 1.54) is 5.56 Å². The first-order valence-corrected chi connectivity index (χ1v) is 6.71. The summed E-state index contributed by atoms with van der Waals surface area (Å²) in [6, 6.07) is 18.6. The van der Waals surface area contributed by atoms with Gasteiger partial charge in [-0.1, -0.05) is 54.6 Å². The lowest BCUT2D eigenvalue weighted by molar-refractivity contribution is 0.805. The van der Waals surface area contributed by atoms with Gasteiger partial charge in [-0.2, -0.15) is 0 Å². The molecule has 1 aromatic heterocycles. The maximum atomic E-state index is 5.69. The lowest BCUT2D eigenvalue weighted by atomic mass is 10.1. The lowest BCUT2D eigenvalue weighted by Gasteiger charge is -2.09. The van der Waals surface area contributed by atoms with E-state index in [4.69, 9.17) is 5.73 Å². The molecular formula is C17H17N3. The van der Waals surface area contributed by atoms with Crippen LogP contribution in [0.2, 0.25) is 0 Å². The van der Waals surface area contributed by atoms with Gasteiger partial charge in [-0.25, -0.2) is 4.98 Å².